The Bertz CT molecular complexity index is 1940. The van der Waals surface area contributed by atoms with Crippen molar-refractivity contribution in [3.05, 3.63) is 109 Å². The van der Waals surface area contributed by atoms with Crippen LogP contribution in [0.4, 0.5) is 0 Å². The maximum Gasteiger partial charge on any atom is 0.343 e. The van der Waals surface area contributed by atoms with Crippen LogP contribution in [0.25, 0.3) is 22.3 Å². The number of aromatic nitrogens is 2. The summed E-state index contributed by atoms with van der Waals surface area (Å²) < 4.78 is 23.6. The number of fused-ring (bicyclic) bond motifs is 1. The molecular weight excluding hydrogens is 661 g/mol. The lowest BCUT2D eigenvalue weighted by molar-refractivity contribution is 0.0733. The van der Waals surface area contributed by atoms with Gasteiger partial charge in [0.2, 0.25) is 5.75 Å². The zero-order valence-electron chi connectivity index (χ0n) is 22.9. The second kappa shape index (κ2) is 12.9. The van der Waals surface area contributed by atoms with Gasteiger partial charge >= 0.3 is 5.97 Å². The van der Waals surface area contributed by atoms with E-state index in [4.69, 9.17) is 42.1 Å². The molecule has 0 spiro atoms. The number of benzene rings is 4. The summed E-state index contributed by atoms with van der Waals surface area (Å²) in [5.74, 6) is 0.621. The van der Waals surface area contributed by atoms with Crippen molar-refractivity contribution in [2.45, 2.75) is 0 Å². The second-order valence-electron chi connectivity index (χ2n) is 8.92. The number of hydrogen-bond donors (Lipinski definition) is 0. The maximum atomic E-state index is 13.6. The van der Waals surface area contributed by atoms with E-state index in [1.165, 1.54) is 39.7 Å². The van der Waals surface area contributed by atoms with Crippen molar-refractivity contribution < 1.29 is 23.7 Å². The Morgan fingerprint density at radius 3 is 2.30 bits per heavy atom. The number of carbonyl (C=O) groups excluding carboxylic acids is 1. The molecule has 0 radical (unpaired) electrons. The minimum absolute atomic E-state index is 0.162. The third-order valence-electron chi connectivity index (χ3n) is 6.31. The topological polar surface area (TPSA) is 101 Å². The quantitative estimate of drug-likeness (QED) is 0.0965. The summed E-state index contributed by atoms with van der Waals surface area (Å²) in [4.78, 5) is 31.5. The fraction of sp³-hybridized carbons (Fsp3) is 0.0968. The first kappa shape index (κ1) is 30.1. The molecule has 5 aromatic rings. The van der Waals surface area contributed by atoms with Gasteiger partial charge in [0.05, 0.1) is 49.0 Å². The Balaban J connectivity index is 1.58. The number of para-hydroxylation sites is 1. The van der Waals surface area contributed by atoms with Gasteiger partial charge in [-0.2, -0.15) is 9.78 Å². The SMILES string of the molecule is COc1cc(C(=O)Oc2ccc(Br)cc2C=Nn2c(-c3ccc(Cl)cc3Cl)nc3ccccc3c2=O)cc(OC)c1OC. The van der Waals surface area contributed by atoms with E-state index in [2.05, 4.69) is 26.0 Å². The molecule has 4 aromatic carbocycles. The van der Waals surface area contributed by atoms with E-state index >= 15 is 0 Å². The summed E-state index contributed by atoms with van der Waals surface area (Å²) in [5, 5.41) is 5.56. The molecule has 0 aliphatic rings. The summed E-state index contributed by atoms with van der Waals surface area (Å²) in [6.07, 6.45) is 1.40. The van der Waals surface area contributed by atoms with Gasteiger partial charge in [0.15, 0.2) is 17.3 Å². The van der Waals surface area contributed by atoms with Crippen molar-refractivity contribution in [2.75, 3.05) is 21.3 Å². The van der Waals surface area contributed by atoms with Crippen LogP contribution in [-0.2, 0) is 0 Å². The molecule has 1 heterocycles. The number of esters is 1. The van der Waals surface area contributed by atoms with Gasteiger partial charge in [0.1, 0.15) is 5.75 Å². The number of rotatable bonds is 8. The molecule has 1 aromatic heterocycles. The fourth-order valence-corrected chi connectivity index (χ4v) is 5.14. The van der Waals surface area contributed by atoms with E-state index in [0.717, 1.165) is 4.68 Å². The van der Waals surface area contributed by atoms with Gasteiger partial charge in [0.25, 0.3) is 5.56 Å². The number of nitrogens with zero attached hydrogens (tertiary/aromatic N) is 3. The Kier molecular flexibility index (Phi) is 9.00. The van der Waals surface area contributed by atoms with Crippen LogP contribution in [0.2, 0.25) is 10.0 Å². The van der Waals surface area contributed by atoms with Crippen LogP contribution in [0.1, 0.15) is 15.9 Å². The van der Waals surface area contributed by atoms with Crippen LogP contribution < -0.4 is 24.5 Å². The minimum atomic E-state index is -0.686. The van der Waals surface area contributed by atoms with Gasteiger partial charge in [0, 0.05) is 20.6 Å². The number of hydrogen-bond acceptors (Lipinski definition) is 8. The van der Waals surface area contributed by atoms with E-state index in [1.807, 2.05) is 0 Å². The van der Waals surface area contributed by atoms with Gasteiger partial charge in [-0.3, -0.25) is 4.79 Å². The Labute approximate surface area is 264 Å². The molecule has 0 fully saturated rings. The molecule has 43 heavy (non-hydrogen) atoms. The van der Waals surface area contributed by atoms with Crippen molar-refractivity contribution in [1.82, 2.24) is 9.66 Å². The van der Waals surface area contributed by atoms with Crippen molar-refractivity contribution in [3.8, 4) is 34.4 Å². The molecule has 0 N–H and O–H groups in total. The average Bonchev–Trinajstić information content (AvgIpc) is 3.00. The molecule has 0 unspecified atom stereocenters. The second-order valence-corrected chi connectivity index (χ2v) is 10.7. The van der Waals surface area contributed by atoms with Gasteiger partial charge in [-0.05, 0) is 60.7 Å². The summed E-state index contributed by atoms with van der Waals surface area (Å²) in [6.45, 7) is 0. The molecule has 9 nitrogen and oxygen atoms in total. The van der Waals surface area contributed by atoms with E-state index in [0.29, 0.717) is 53.8 Å². The predicted molar refractivity (Wildman–Crippen MR) is 170 cm³/mol. The zero-order chi connectivity index (χ0) is 30.7. The first-order valence-corrected chi connectivity index (χ1v) is 14.1. The lowest BCUT2D eigenvalue weighted by atomic mass is 10.1. The molecule has 0 bridgehead atoms. The molecule has 5 rings (SSSR count). The van der Waals surface area contributed by atoms with Crippen molar-refractivity contribution in [3.63, 3.8) is 0 Å². The van der Waals surface area contributed by atoms with Crippen molar-refractivity contribution >= 4 is 62.2 Å². The average molecular weight is 683 g/mol. The normalized spacial score (nSPS) is 11.1. The molecule has 0 amide bonds. The van der Waals surface area contributed by atoms with Gasteiger partial charge in [-0.15, -0.1) is 0 Å². The number of ether oxygens (including phenoxy) is 4. The Morgan fingerprint density at radius 2 is 1.63 bits per heavy atom. The van der Waals surface area contributed by atoms with Crippen molar-refractivity contribution in [2.24, 2.45) is 5.10 Å². The first-order valence-electron chi connectivity index (χ1n) is 12.6. The van der Waals surface area contributed by atoms with Crippen LogP contribution in [0.5, 0.6) is 23.0 Å². The smallest absolute Gasteiger partial charge is 0.343 e. The molecular formula is C31H22BrCl2N3O6. The zero-order valence-corrected chi connectivity index (χ0v) is 26.0. The highest BCUT2D eigenvalue weighted by atomic mass is 79.9. The summed E-state index contributed by atoms with van der Waals surface area (Å²) in [7, 11) is 4.37. The molecule has 0 saturated heterocycles. The fourth-order valence-electron chi connectivity index (χ4n) is 4.27. The van der Waals surface area contributed by atoms with Gasteiger partial charge in [-0.1, -0.05) is 51.3 Å². The van der Waals surface area contributed by atoms with Gasteiger partial charge in [-0.25, -0.2) is 9.78 Å². The summed E-state index contributed by atoms with van der Waals surface area (Å²) >= 11 is 16.1. The molecule has 0 saturated carbocycles. The van der Waals surface area contributed by atoms with E-state index < -0.39 is 11.5 Å². The van der Waals surface area contributed by atoms with E-state index in [1.54, 1.807) is 60.7 Å². The van der Waals surface area contributed by atoms with Crippen LogP contribution in [0.3, 0.4) is 0 Å². The number of carbonyl (C=O) groups is 1. The summed E-state index contributed by atoms with van der Waals surface area (Å²) in [6, 6.07) is 19.7. The highest BCUT2D eigenvalue weighted by molar-refractivity contribution is 9.10. The van der Waals surface area contributed by atoms with Gasteiger partial charge < -0.3 is 18.9 Å². The predicted octanol–water partition coefficient (Wildman–Crippen LogP) is 7.26. The standard InChI is InChI=1S/C31H22BrCl2N3O6/c1-40-26-13-17(14-27(41-2)28(26)42-3)31(39)43-25-11-8-19(32)12-18(25)16-35-37-29(21-10-9-20(33)15-23(21)34)36-24-7-5-4-6-22(24)30(37)38/h4-16H,1-3H3. The Hall–Kier alpha value is -4.38. The Morgan fingerprint density at radius 1 is 0.907 bits per heavy atom. The monoisotopic (exact) mass is 681 g/mol. The van der Waals surface area contributed by atoms with Crippen LogP contribution in [0.15, 0.2) is 87.2 Å². The highest BCUT2D eigenvalue weighted by Gasteiger charge is 2.20. The third kappa shape index (κ3) is 6.22. The number of halogens is 3. The largest absolute Gasteiger partial charge is 0.493 e. The molecule has 218 valence electrons. The number of methoxy groups -OCH3 is 3. The van der Waals surface area contributed by atoms with Crippen LogP contribution >= 0.6 is 39.1 Å². The maximum absolute atomic E-state index is 13.6. The van der Waals surface area contributed by atoms with Crippen LogP contribution in [-0.4, -0.2) is 43.2 Å². The molecule has 0 atom stereocenters. The summed E-state index contributed by atoms with van der Waals surface area (Å²) in [5.41, 5.74) is 1.06. The minimum Gasteiger partial charge on any atom is -0.493 e. The van der Waals surface area contributed by atoms with Crippen LogP contribution in [0, 0.1) is 0 Å². The molecule has 0 aliphatic heterocycles. The third-order valence-corrected chi connectivity index (χ3v) is 7.35. The molecule has 12 heteroatoms. The molecule has 0 aliphatic carbocycles. The first-order chi connectivity index (χ1) is 20.7. The lowest BCUT2D eigenvalue weighted by Crippen LogP contribution is -2.20. The van der Waals surface area contributed by atoms with Crippen molar-refractivity contribution in [1.29, 1.82) is 0 Å². The lowest BCUT2D eigenvalue weighted by Gasteiger charge is -2.14. The highest BCUT2D eigenvalue weighted by Crippen LogP contribution is 2.38. The van der Waals surface area contributed by atoms with E-state index in [-0.39, 0.29) is 17.1 Å². The van der Waals surface area contributed by atoms with E-state index in [9.17, 15) is 9.59 Å².